The third-order valence-electron chi connectivity index (χ3n) is 4.92. The van der Waals surface area contributed by atoms with Gasteiger partial charge in [-0.3, -0.25) is 0 Å². The van der Waals surface area contributed by atoms with Gasteiger partial charge in [0, 0.05) is 24.8 Å². The van der Waals surface area contributed by atoms with Gasteiger partial charge in [-0.15, -0.1) is 0 Å². The highest BCUT2D eigenvalue weighted by Gasteiger charge is 2.38. The van der Waals surface area contributed by atoms with E-state index in [0.29, 0.717) is 11.8 Å². The first kappa shape index (κ1) is 15.7. The molecule has 122 valence electrons. The van der Waals surface area contributed by atoms with E-state index in [1.165, 1.54) is 18.6 Å². The Morgan fingerprint density at radius 1 is 1.14 bits per heavy atom. The van der Waals surface area contributed by atoms with Crippen molar-refractivity contribution in [1.82, 2.24) is 0 Å². The average Bonchev–Trinajstić information content (AvgIpc) is 2.93. The molecule has 2 N–H and O–H groups in total. The minimum Gasteiger partial charge on any atom is -0.371 e. The van der Waals surface area contributed by atoms with Crippen LogP contribution in [0.4, 0.5) is 14.5 Å². The van der Waals surface area contributed by atoms with Gasteiger partial charge in [-0.2, -0.15) is 8.78 Å². The summed E-state index contributed by atoms with van der Waals surface area (Å²) in [6, 6.07) is 5.97. The van der Waals surface area contributed by atoms with E-state index in [1.54, 1.807) is 12.1 Å². The highest BCUT2D eigenvalue weighted by atomic mass is 32.2. The Bertz CT molecular complexity index is 633. The number of nitrogens with zero attached hydrogens (tertiary/aromatic N) is 1. The first-order valence-electron chi connectivity index (χ1n) is 7.52. The normalized spacial score (nSPS) is 28.9. The highest BCUT2D eigenvalue weighted by Crippen LogP contribution is 2.37. The molecule has 22 heavy (non-hydrogen) atoms. The quantitative estimate of drug-likeness (QED) is 0.923. The third kappa shape index (κ3) is 2.72. The Balaban J connectivity index is 1.77. The van der Waals surface area contributed by atoms with Crippen molar-refractivity contribution in [3.8, 4) is 0 Å². The van der Waals surface area contributed by atoms with Gasteiger partial charge in [0.25, 0.3) is 0 Å². The predicted octanol–water partition coefficient (Wildman–Crippen LogP) is 2.25. The van der Waals surface area contributed by atoms with Crippen molar-refractivity contribution < 1.29 is 17.2 Å². The second-order valence-corrected chi connectivity index (χ2v) is 8.14. The van der Waals surface area contributed by atoms with Crippen LogP contribution >= 0.6 is 0 Å². The van der Waals surface area contributed by atoms with Crippen LogP contribution in [-0.2, 0) is 9.84 Å². The number of sulfone groups is 1. The van der Waals surface area contributed by atoms with E-state index in [-0.39, 0.29) is 10.9 Å². The van der Waals surface area contributed by atoms with Crippen LogP contribution in [0.2, 0.25) is 0 Å². The van der Waals surface area contributed by atoms with E-state index in [1.807, 2.05) is 0 Å². The molecule has 7 heteroatoms. The maximum atomic E-state index is 12.5. The summed E-state index contributed by atoms with van der Waals surface area (Å²) in [6.07, 6.45) is 3.38. The number of anilines is 1. The average molecular weight is 330 g/mol. The van der Waals surface area contributed by atoms with E-state index >= 15 is 0 Å². The molecule has 1 saturated carbocycles. The number of nitrogens with two attached hydrogens (primary N) is 1. The monoisotopic (exact) mass is 330 g/mol. The molecule has 0 bridgehead atoms. The Labute approximate surface area is 129 Å². The topological polar surface area (TPSA) is 63.4 Å². The van der Waals surface area contributed by atoms with E-state index in [2.05, 4.69) is 4.90 Å². The summed E-state index contributed by atoms with van der Waals surface area (Å²) < 4.78 is 47.9. The van der Waals surface area contributed by atoms with Crippen molar-refractivity contribution in [3.63, 3.8) is 0 Å². The van der Waals surface area contributed by atoms with E-state index in [9.17, 15) is 17.2 Å². The molecule has 3 rings (SSSR count). The van der Waals surface area contributed by atoms with Gasteiger partial charge < -0.3 is 10.6 Å². The van der Waals surface area contributed by atoms with Crippen molar-refractivity contribution in [3.05, 3.63) is 24.3 Å². The van der Waals surface area contributed by atoms with Crippen molar-refractivity contribution >= 4 is 15.5 Å². The van der Waals surface area contributed by atoms with Crippen molar-refractivity contribution in [1.29, 1.82) is 0 Å². The molecule has 4 nitrogen and oxygen atoms in total. The van der Waals surface area contributed by atoms with Gasteiger partial charge in [0.2, 0.25) is 9.84 Å². The van der Waals surface area contributed by atoms with E-state index in [4.69, 9.17) is 5.73 Å². The molecule has 3 unspecified atom stereocenters. The maximum Gasteiger partial charge on any atom is 0.341 e. The fraction of sp³-hybridized carbons (Fsp3) is 0.600. The molecule has 1 aliphatic carbocycles. The molecule has 0 amide bonds. The molecule has 2 aliphatic rings. The van der Waals surface area contributed by atoms with Gasteiger partial charge in [-0.05, 0) is 48.9 Å². The fourth-order valence-electron chi connectivity index (χ4n) is 3.68. The zero-order chi connectivity index (χ0) is 15.9. The predicted molar refractivity (Wildman–Crippen MR) is 80.7 cm³/mol. The molecule has 0 aromatic heterocycles. The van der Waals surface area contributed by atoms with Crippen LogP contribution in [0.15, 0.2) is 29.2 Å². The van der Waals surface area contributed by atoms with E-state index < -0.39 is 15.6 Å². The summed E-state index contributed by atoms with van der Waals surface area (Å²) in [4.78, 5) is 1.85. The standard InChI is InChI=1S/C15H20F2N2O2S/c16-15(17)22(20,21)12-6-4-11(5-7-12)19-8-10-2-1-3-14(18)13(10)9-19/h4-7,10,13-15H,1-3,8-9,18H2. The number of rotatable bonds is 3. The van der Waals surface area contributed by atoms with Gasteiger partial charge in [0.15, 0.2) is 0 Å². The van der Waals surface area contributed by atoms with Crippen molar-refractivity contribution in [2.75, 3.05) is 18.0 Å². The second kappa shape index (κ2) is 5.77. The lowest BCUT2D eigenvalue weighted by Crippen LogP contribution is -2.38. The van der Waals surface area contributed by atoms with Crippen LogP contribution in [0.5, 0.6) is 0 Å². The first-order valence-corrected chi connectivity index (χ1v) is 9.07. The second-order valence-electron chi connectivity index (χ2n) is 6.22. The molecular formula is C15H20F2N2O2S. The van der Waals surface area contributed by atoms with Crippen LogP contribution in [-0.4, -0.2) is 33.3 Å². The number of benzene rings is 1. The number of hydrogen-bond acceptors (Lipinski definition) is 4. The van der Waals surface area contributed by atoms with E-state index in [0.717, 1.165) is 31.6 Å². The number of hydrogen-bond donors (Lipinski definition) is 1. The molecule has 1 saturated heterocycles. The number of halogens is 2. The van der Waals surface area contributed by atoms with Gasteiger partial charge in [-0.1, -0.05) is 6.42 Å². The van der Waals surface area contributed by atoms with Gasteiger partial charge >= 0.3 is 5.76 Å². The lowest BCUT2D eigenvalue weighted by atomic mass is 9.78. The molecule has 1 aliphatic heterocycles. The van der Waals surface area contributed by atoms with Crippen LogP contribution < -0.4 is 10.6 Å². The van der Waals surface area contributed by atoms with Crippen molar-refractivity contribution in [2.45, 2.75) is 36.0 Å². The first-order chi connectivity index (χ1) is 10.4. The molecule has 1 heterocycles. The number of alkyl halides is 2. The minimum atomic E-state index is -4.52. The molecule has 1 aromatic rings. The summed E-state index contributed by atoms with van der Waals surface area (Å²) in [5, 5.41) is 0. The Hall–Kier alpha value is -1.21. The lowest BCUT2D eigenvalue weighted by Gasteiger charge is -2.29. The Morgan fingerprint density at radius 2 is 1.82 bits per heavy atom. The minimum absolute atomic E-state index is 0.224. The highest BCUT2D eigenvalue weighted by molar-refractivity contribution is 7.91. The largest absolute Gasteiger partial charge is 0.371 e. The van der Waals surface area contributed by atoms with Crippen LogP contribution in [0, 0.1) is 11.8 Å². The number of fused-ring (bicyclic) bond motifs is 1. The summed E-state index contributed by atoms with van der Waals surface area (Å²) in [5.74, 6) is -2.34. The summed E-state index contributed by atoms with van der Waals surface area (Å²) in [5.41, 5.74) is 7.06. The van der Waals surface area contributed by atoms with Crippen molar-refractivity contribution in [2.24, 2.45) is 17.6 Å². The molecule has 0 spiro atoms. The van der Waals surface area contributed by atoms with Crippen LogP contribution in [0.1, 0.15) is 19.3 Å². The molecule has 1 aromatic carbocycles. The zero-order valence-corrected chi connectivity index (χ0v) is 13.0. The SMILES string of the molecule is NC1CCCC2CN(c3ccc(S(=O)(=O)C(F)F)cc3)CC12. The maximum absolute atomic E-state index is 12.5. The van der Waals surface area contributed by atoms with Crippen LogP contribution in [0.25, 0.3) is 0 Å². The van der Waals surface area contributed by atoms with Gasteiger partial charge in [0.1, 0.15) is 0 Å². The Morgan fingerprint density at radius 3 is 2.41 bits per heavy atom. The molecular weight excluding hydrogens is 310 g/mol. The third-order valence-corrected chi connectivity index (χ3v) is 6.32. The lowest BCUT2D eigenvalue weighted by molar-refractivity contribution is 0.234. The summed E-state index contributed by atoms with van der Waals surface area (Å²) >= 11 is 0. The zero-order valence-electron chi connectivity index (χ0n) is 12.2. The van der Waals surface area contributed by atoms with Gasteiger partial charge in [-0.25, -0.2) is 8.42 Å². The van der Waals surface area contributed by atoms with Gasteiger partial charge in [0.05, 0.1) is 4.90 Å². The van der Waals surface area contributed by atoms with Crippen LogP contribution in [0.3, 0.4) is 0 Å². The summed E-state index contributed by atoms with van der Waals surface area (Å²) in [6.45, 7) is 1.76. The molecule has 0 radical (unpaired) electrons. The smallest absolute Gasteiger partial charge is 0.341 e. The molecule has 2 fully saturated rings. The fourth-order valence-corrected chi connectivity index (χ4v) is 4.40. The Kier molecular flexibility index (Phi) is 4.11. The molecule has 3 atom stereocenters. The summed E-state index contributed by atoms with van der Waals surface area (Å²) in [7, 11) is -4.52.